The van der Waals surface area contributed by atoms with E-state index in [0.29, 0.717) is 24.1 Å². The van der Waals surface area contributed by atoms with Crippen LogP contribution in [0, 0.1) is 0 Å². The molecule has 1 aromatic carbocycles. The third-order valence-electron chi connectivity index (χ3n) is 4.79. The van der Waals surface area contributed by atoms with Gasteiger partial charge in [-0.05, 0) is 51.7 Å². The molecule has 0 spiro atoms. The minimum atomic E-state index is -0.0931. The molecule has 0 radical (unpaired) electrons. The average Bonchev–Trinajstić information content (AvgIpc) is 3.12. The van der Waals surface area contributed by atoms with Gasteiger partial charge in [-0.3, -0.25) is 4.90 Å². The number of nitrogens with zero attached hydrogens (tertiary/aromatic N) is 1. The molecule has 138 valence electrons. The molecule has 1 fully saturated rings. The second kappa shape index (κ2) is 7.95. The van der Waals surface area contributed by atoms with Gasteiger partial charge in [0.25, 0.3) is 0 Å². The van der Waals surface area contributed by atoms with Crippen molar-refractivity contribution in [3.63, 3.8) is 0 Å². The van der Waals surface area contributed by atoms with E-state index in [0.717, 1.165) is 38.0 Å². The van der Waals surface area contributed by atoms with Crippen molar-refractivity contribution in [2.45, 2.75) is 57.8 Å². The first kappa shape index (κ1) is 17.9. The summed E-state index contributed by atoms with van der Waals surface area (Å²) in [7, 11) is 1.62. The Bertz CT molecular complexity index is 601. The fraction of sp³-hybridized carbons (Fsp3) is 0.632. The van der Waals surface area contributed by atoms with Crippen molar-refractivity contribution in [1.82, 2.24) is 5.32 Å². The molecule has 0 bridgehead atoms. The summed E-state index contributed by atoms with van der Waals surface area (Å²) in [5.74, 6) is 1.42. The second-order valence-corrected chi connectivity index (χ2v) is 6.94. The zero-order valence-electron chi connectivity index (χ0n) is 15.3. The predicted molar refractivity (Wildman–Crippen MR) is 96.6 cm³/mol. The SMILES string of the molecule is COc1ccc2c(c1)N(C(=O)N[C@H](C)CC[C@@H]1CCCO1)C[C@H](C)O2. The first-order valence-electron chi connectivity index (χ1n) is 9.11. The van der Waals surface area contributed by atoms with Crippen LogP contribution in [0.1, 0.15) is 39.5 Å². The number of hydrogen-bond acceptors (Lipinski definition) is 4. The average molecular weight is 348 g/mol. The Balaban J connectivity index is 1.63. The predicted octanol–water partition coefficient (Wildman–Crippen LogP) is 3.34. The van der Waals surface area contributed by atoms with Gasteiger partial charge >= 0.3 is 6.03 Å². The number of methoxy groups -OCH3 is 1. The first-order valence-corrected chi connectivity index (χ1v) is 9.11. The van der Waals surface area contributed by atoms with Crippen LogP contribution in [0.2, 0.25) is 0 Å². The molecule has 25 heavy (non-hydrogen) atoms. The highest BCUT2D eigenvalue weighted by atomic mass is 16.5. The Labute approximate surface area is 149 Å². The molecule has 1 aromatic rings. The maximum atomic E-state index is 12.8. The van der Waals surface area contributed by atoms with Crippen LogP contribution in [0.3, 0.4) is 0 Å². The summed E-state index contributed by atoms with van der Waals surface area (Å²) in [5.41, 5.74) is 0.751. The monoisotopic (exact) mass is 348 g/mol. The molecule has 0 saturated carbocycles. The summed E-state index contributed by atoms with van der Waals surface area (Å²) in [5, 5.41) is 3.11. The number of nitrogens with one attached hydrogen (secondary N) is 1. The van der Waals surface area contributed by atoms with E-state index in [4.69, 9.17) is 14.2 Å². The standard InChI is InChI=1S/C19H28N2O4/c1-13(6-7-15-5-4-10-24-15)20-19(22)21-12-14(2)25-18-9-8-16(23-3)11-17(18)21/h8-9,11,13-15H,4-7,10,12H2,1-3H3,(H,20,22)/t13-,14+,15+/m1/s1. The number of fused-ring (bicyclic) bond motifs is 1. The lowest BCUT2D eigenvalue weighted by Crippen LogP contribution is -2.49. The third-order valence-corrected chi connectivity index (χ3v) is 4.79. The van der Waals surface area contributed by atoms with E-state index >= 15 is 0 Å². The van der Waals surface area contributed by atoms with Crippen LogP contribution >= 0.6 is 0 Å². The molecule has 2 aliphatic heterocycles. The van der Waals surface area contributed by atoms with Gasteiger partial charge in [-0.1, -0.05) is 0 Å². The molecular weight excluding hydrogens is 320 g/mol. The lowest BCUT2D eigenvalue weighted by atomic mass is 10.1. The molecule has 2 heterocycles. The zero-order chi connectivity index (χ0) is 17.8. The summed E-state index contributed by atoms with van der Waals surface area (Å²) < 4.78 is 16.8. The molecule has 1 saturated heterocycles. The molecule has 1 N–H and O–H groups in total. The molecule has 6 heteroatoms. The highest BCUT2D eigenvalue weighted by molar-refractivity contribution is 5.94. The first-order chi connectivity index (χ1) is 12.1. The van der Waals surface area contributed by atoms with Gasteiger partial charge < -0.3 is 19.5 Å². The molecule has 3 rings (SSSR count). The van der Waals surface area contributed by atoms with Crippen molar-refractivity contribution >= 4 is 11.7 Å². The van der Waals surface area contributed by atoms with Gasteiger partial charge in [0, 0.05) is 18.7 Å². The van der Waals surface area contributed by atoms with Crippen LogP contribution in [-0.4, -0.2) is 44.5 Å². The van der Waals surface area contributed by atoms with E-state index in [1.807, 2.05) is 32.0 Å². The smallest absolute Gasteiger partial charge is 0.322 e. The number of carbonyl (C=O) groups is 1. The number of benzene rings is 1. The molecule has 2 aliphatic rings. The van der Waals surface area contributed by atoms with Crippen LogP contribution in [0.4, 0.5) is 10.5 Å². The Morgan fingerprint density at radius 3 is 3.04 bits per heavy atom. The molecule has 0 unspecified atom stereocenters. The molecule has 0 aromatic heterocycles. The highest BCUT2D eigenvalue weighted by Gasteiger charge is 2.29. The van der Waals surface area contributed by atoms with E-state index in [1.165, 1.54) is 0 Å². The van der Waals surface area contributed by atoms with Gasteiger partial charge in [0.1, 0.15) is 17.6 Å². The number of urea groups is 1. The van der Waals surface area contributed by atoms with Gasteiger partial charge in [-0.2, -0.15) is 0 Å². The number of amides is 2. The van der Waals surface area contributed by atoms with E-state index in [2.05, 4.69) is 5.32 Å². The normalized spacial score (nSPS) is 23.6. The number of anilines is 1. The van der Waals surface area contributed by atoms with Crippen LogP contribution in [0.15, 0.2) is 18.2 Å². The summed E-state index contributed by atoms with van der Waals surface area (Å²) >= 11 is 0. The van der Waals surface area contributed by atoms with Gasteiger partial charge in [0.15, 0.2) is 0 Å². The lowest BCUT2D eigenvalue weighted by Gasteiger charge is -2.34. The number of carbonyl (C=O) groups excluding carboxylic acids is 1. The van der Waals surface area contributed by atoms with Gasteiger partial charge in [0.05, 0.1) is 25.4 Å². The van der Waals surface area contributed by atoms with Crippen LogP contribution in [-0.2, 0) is 4.74 Å². The van der Waals surface area contributed by atoms with E-state index in [9.17, 15) is 4.79 Å². The molecule has 3 atom stereocenters. The minimum Gasteiger partial charge on any atom is -0.497 e. The summed E-state index contributed by atoms with van der Waals surface area (Å²) in [6, 6.07) is 5.55. The van der Waals surface area contributed by atoms with Crippen LogP contribution in [0.25, 0.3) is 0 Å². The molecule has 6 nitrogen and oxygen atoms in total. The van der Waals surface area contributed by atoms with Crippen molar-refractivity contribution in [3.05, 3.63) is 18.2 Å². The van der Waals surface area contributed by atoms with Crippen LogP contribution in [0.5, 0.6) is 11.5 Å². The number of ether oxygens (including phenoxy) is 3. The number of hydrogen-bond donors (Lipinski definition) is 1. The van der Waals surface area contributed by atoms with Crippen molar-refractivity contribution in [2.75, 3.05) is 25.2 Å². The molecule has 0 aliphatic carbocycles. The highest BCUT2D eigenvalue weighted by Crippen LogP contribution is 2.36. The Morgan fingerprint density at radius 1 is 1.48 bits per heavy atom. The summed E-state index contributed by atoms with van der Waals surface area (Å²) in [4.78, 5) is 14.5. The van der Waals surface area contributed by atoms with E-state index in [-0.39, 0.29) is 18.2 Å². The maximum absolute atomic E-state index is 12.8. The largest absolute Gasteiger partial charge is 0.497 e. The van der Waals surface area contributed by atoms with E-state index < -0.39 is 0 Å². The Morgan fingerprint density at radius 2 is 2.32 bits per heavy atom. The van der Waals surface area contributed by atoms with Crippen molar-refractivity contribution in [3.8, 4) is 11.5 Å². The second-order valence-electron chi connectivity index (χ2n) is 6.94. The van der Waals surface area contributed by atoms with Gasteiger partial charge in [-0.15, -0.1) is 0 Å². The summed E-state index contributed by atoms with van der Waals surface area (Å²) in [6.07, 6.45) is 4.50. The van der Waals surface area contributed by atoms with Crippen LogP contribution < -0.4 is 19.7 Å². The molecule has 2 amide bonds. The van der Waals surface area contributed by atoms with Crippen molar-refractivity contribution in [1.29, 1.82) is 0 Å². The van der Waals surface area contributed by atoms with Crippen molar-refractivity contribution < 1.29 is 19.0 Å². The maximum Gasteiger partial charge on any atom is 0.322 e. The summed E-state index contributed by atoms with van der Waals surface area (Å²) in [6.45, 7) is 5.40. The van der Waals surface area contributed by atoms with Crippen molar-refractivity contribution in [2.24, 2.45) is 0 Å². The minimum absolute atomic E-state index is 0.0474. The van der Waals surface area contributed by atoms with Gasteiger partial charge in [0.2, 0.25) is 0 Å². The van der Waals surface area contributed by atoms with E-state index in [1.54, 1.807) is 12.0 Å². The molecular formula is C19H28N2O4. The Hall–Kier alpha value is -1.95. The fourth-order valence-corrected chi connectivity index (χ4v) is 3.41. The Kier molecular flexibility index (Phi) is 5.68. The number of rotatable bonds is 5. The third kappa shape index (κ3) is 4.37. The van der Waals surface area contributed by atoms with Gasteiger partial charge in [-0.25, -0.2) is 4.79 Å². The topological polar surface area (TPSA) is 60.0 Å². The zero-order valence-corrected chi connectivity index (χ0v) is 15.3. The quantitative estimate of drug-likeness (QED) is 0.887. The lowest BCUT2D eigenvalue weighted by molar-refractivity contribution is 0.100. The fourth-order valence-electron chi connectivity index (χ4n) is 3.41.